The average Bonchev–Trinajstić information content (AvgIpc) is 2.23. The third-order valence-electron chi connectivity index (χ3n) is 3.13. The molecular weight excluding hydrogens is 202 g/mol. The zero-order chi connectivity index (χ0) is 12.3. The molecule has 1 unspecified atom stereocenters. The molecule has 0 spiro atoms. The second-order valence-corrected chi connectivity index (χ2v) is 4.92. The normalized spacial score (nSPS) is 29.4. The lowest BCUT2D eigenvalue weighted by molar-refractivity contribution is -0.144. The summed E-state index contributed by atoms with van der Waals surface area (Å²) in [6.45, 7) is 4.21. The predicted octanol–water partition coefficient (Wildman–Crippen LogP) is 1.54. The molecule has 1 fully saturated rings. The van der Waals surface area contributed by atoms with Crippen molar-refractivity contribution in [1.29, 1.82) is 10.5 Å². The molecule has 0 aromatic heterocycles. The third kappa shape index (κ3) is 2.17. The third-order valence-corrected chi connectivity index (χ3v) is 3.13. The maximum Gasteiger partial charge on any atom is 0.242 e. The standard InChI is InChI=1S/C12H17N3O/c1-9-4-12(5-9,8-14)11(16)15(3)7-10(2)6-13/h9-10H,4-5,7H2,1-3H3. The van der Waals surface area contributed by atoms with Crippen LogP contribution in [0, 0.1) is 39.9 Å². The van der Waals surface area contributed by atoms with Crippen LogP contribution in [0.4, 0.5) is 0 Å². The summed E-state index contributed by atoms with van der Waals surface area (Å²) in [4.78, 5) is 13.6. The largest absolute Gasteiger partial charge is 0.343 e. The van der Waals surface area contributed by atoms with Gasteiger partial charge in [-0.05, 0) is 25.7 Å². The van der Waals surface area contributed by atoms with Crippen molar-refractivity contribution >= 4 is 5.91 Å². The molecule has 0 radical (unpaired) electrons. The summed E-state index contributed by atoms with van der Waals surface area (Å²) in [6, 6.07) is 4.23. The second-order valence-electron chi connectivity index (χ2n) is 4.92. The van der Waals surface area contributed by atoms with E-state index in [0.717, 1.165) is 0 Å². The summed E-state index contributed by atoms with van der Waals surface area (Å²) in [7, 11) is 1.66. The number of nitrogens with zero attached hydrogens (tertiary/aromatic N) is 3. The Balaban J connectivity index is 2.65. The van der Waals surface area contributed by atoms with E-state index in [1.165, 1.54) is 4.90 Å². The fraction of sp³-hybridized carbons (Fsp3) is 0.750. The van der Waals surface area contributed by atoms with Crippen molar-refractivity contribution in [2.75, 3.05) is 13.6 Å². The van der Waals surface area contributed by atoms with Gasteiger partial charge in [-0.3, -0.25) is 4.79 Å². The summed E-state index contributed by atoms with van der Waals surface area (Å²) in [6.07, 6.45) is 1.29. The summed E-state index contributed by atoms with van der Waals surface area (Å²) < 4.78 is 0. The van der Waals surface area contributed by atoms with E-state index in [1.807, 2.05) is 6.92 Å². The van der Waals surface area contributed by atoms with Crippen molar-refractivity contribution < 1.29 is 4.79 Å². The van der Waals surface area contributed by atoms with Crippen molar-refractivity contribution in [2.45, 2.75) is 26.7 Å². The van der Waals surface area contributed by atoms with Crippen molar-refractivity contribution in [3.63, 3.8) is 0 Å². The zero-order valence-corrected chi connectivity index (χ0v) is 10.0. The van der Waals surface area contributed by atoms with Crippen LogP contribution in [0.15, 0.2) is 0 Å². The molecule has 4 nitrogen and oxygen atoms in total. The molecule has 1 saturated carbocycles. The first kappa shape index (κ1) is 12.5. The molecule has 0 bridgehead atoms. The Kier molecular flexibility index (Phi) is 3.55. The molecule has 1 atom stereocenters. The van der Waals surface area contributed by atoms with Gasteiger partial charge < -0.3 is 4.90 Å². The van der Waals surface area contributed by atoms with Crippen LogP contribution < -0.4 is 0 Å². The molecule has 1 amide bonds. The summed E-state index contributed by atoms with van der Waals surface area (Å²) >= 11 is 0. The summed E-state index contributed by atoms with van der Waals surface area (Å²) in [5, 5.41) is 17.8. The second kappa shape index (κ2) is 4.53. The van der Waals surface area contributed by atoms with Gasteiger partial charge in [-0.2, -0.15) is 10.5 Å². The maximum atomic E-state index is 12.1. The van der Waals surface area contributed by atoms with Crippen LogP contribution in [0.25, 0.3) is 0 Å². The van der Waals surface area contributed by atoms with E-state index >= 15 is 0 Å². The Labute approximate surface area is 96.5 Å². The van der Waals surface area contributed by atoms with E-state index in [0.29, 0.717) is 25.3 Å². The lowest BCUT2D eigenvalue weighted by atomic mass is 9.63. The van der Waals surface area contributed by atoms with E-state index in [4.69, 9.17) is 10.5 Å². The number of rotatable bonds is 3. The van der Waals surface area contributed by atoms with Crippen LogP contribution in [0.3, 0.4) is 0 Å². The fourth-order valence-electron chi connectivity index (χ4n) is 2.34. The minimum absolute atomic E-state index is 0.129. The van der Waals surface area contributed by atoms with E-state index in [2.05, 4.69) is 12.1 Å². The molecule has 0 aromatic rings. The zero-order valence-electron chi connectivity index (χ0n) is 10.0. The summed E-state index contributed by atoms with van der Waals surface area (Å²) in [5.74, 6) is 0.128. The van der Waals surface area contributed by atoms with Crippen molar-refractivity contribution in [2.24, 2.45) is 17.3 Å². The molecule has 1 rings (SSSR count). The molecule has 16 heavy (non-hydrogen) atoms. The van der Waals surface area contributed by atoms with Crippen LogP contribution in [0.1, 0.15) is 26.7 Å². The van der Waals surface area contributed by atoms with Crippen LogP contribution in [0.2, 0.25) is 0 Å². The predicted molar refractivity (Wildman–Crippen MR) is 58.9 cm³/mol. The quantitative estimate of drug-likeness (QED) is 0.723. The van der Waals surface area contributed by atoms with Gasteiger partial charge in [0.1, 0.15) is 5.41 Å². The molecule has 0 N–H and O–H groups in total. The van der Waals surface area contributed by atoms with Crippen LogP contribution in [-0.4, -0.2) is 24.4 Å². The van der Waals surface area contributed by atoms with Gasteiger partial charge in [0.15, 0.2) is 0 Å². The minimum atomic E-state index is -0.816. The van der Waals surface area contributed by atoms with Crippen LogP contribution in [0.5, 0.6) is 0 Å². The topological polar surface area (TPSA) is 67.9 Å². The average molecular weight is 219 g/mol. The van der Waals surface area contributed by atoms with Crippen LogP contribution in [-0.2, 0) is 4.79 Å². The van der Waals surface area contributed by atoms with Crippen molar-refractivity contribution in [1.82, 2.24) is 4.90 Å². The van der Waals surface area contributed by atoms with Gasteiger partial charge in [0.2, 0.25) is 5.91 Å². The molecule has 1 aliphatic carbocycles. The van der Waals surface area contributed by atoms with Gasteiger partial charge in [0, 0.05) is 13.6 Å². The van der Waals surface area contributed by atoms with Gasteiger partial charge in [-0.25, -0.2) is 0 Å². The van der Waals surface area contributed by atoms with Gasteiger partial charge in [0.25, 0.3) is 0 Å². The van der Waals surface area contributed by atoms with E-state index < -0.39 is 5.41 Å². The van der Waals surface area contributed by atoms with Crippen molar-refractivity contribution in [3.8, 4) is 12.1 Å². The Morgan fingerprint density at radius 3 is 2.50 bits per heavy atom. The first-order valence-electron chi connectivity index (χ1n) is 5.51. The van der Waals surface area contributed by atoms with Gasteiger partial charge in [-0.1, -0.05) is 6.92 Å². The number of carbonyl (C=O) groups excluding carboxylic acids is 1. The number of nitriles is 2. The van der Waals surface area contributed by atoms with Crippen LogP contribution >= 0.6 is 0 Å². The Morgan fingerprint density at radius 1 is 1.56 bits per heavy atom. The number of hydrogen-bond donors (Lipinski definition) is 0. The number of amides is 1. The lowest BCUT2D eigenvalue weighted by Gasteiger charge is -2.41. The first-order valence-corrected chi connectivity index (χ1v) is 5.51. The molecule has 0 aromatic carbocycles. The minimum Gasteiger partial charge on any atom is -0.343 e. The lowest BCUT2D eigenvalue weighted by Crippen LogP contribution is -2.49. The molecule has 4 heteroatoms. The Morgan fingerprint density at radius 2 is 2.12 bits per heavy atom. The maximum absolute atomic E-state index is 12.1. The monoisotopic (exact) mass is 219 g/mol. The highest BCUT2D eigenvalue weighted by Crippen LogP contribution is 2.46. The van der Waals surface area contributed by atoms with E-state index in [-0.39, 0.29) is 11.8 Å². The fourth-order valence-corrected chi connectivity index (χ4v) is 2.34. The molecule has 0 heterocycles. The molecule has 0 saturated heterocycles. The first-order chi connectivity index (χ1) is 7.45. The molecule has 1 aliphatic rings. The van der Waals surface area contributed by atoms with Gasteiger partial charge in [0.05, 0.1) is 18.1 Å². The number of hydrogen-bond acceptors (Lipinski definition) is 3. The van der Waals surface area contributed by atoms with Gasteiger partial charge >= 0.3 is 0 Å². The van der Waals surface area contributed by atoms with E-state index in [1.54, 1.807) is 14.0 Å². The molecular formula is C12H17N3O. The van der Waals surface area contributed by atoms with Crippen molar-refractivity contribution in [3.05, 3.63) is 0 Å². The smallest absolute Gasteiger partial charge is 0.242 e. The highest BCUT2D eigenvalue weighted by molar-refractivity contribution is 5.86. The summed E-state index contributed by atoms with van der Waals surface area (Å²) in [5.41, 5.74) is -0.816. The molecule has 86 valence electrons. The Hall–Kier alpha value is -1.55. The highest BCUT2D eigenvalue weighted by Gasteiger charge is 2.50. The highest BCUT2D eigenvalue weighted by atomic mass is 16.2. The Bertz CT molecular complexity index is 357. The SMILES string of the molecule is CC(C#N)CN(C)C(=O)C1(C#N)CC(C)C1. The number of carbonyl (C=O) groups is 1. The van der Waals surface area contributed by atoms with E-state index in [9.17, 15) is 4.79 Å². The van der Waals surface area contributed by atoms with Gasteiger partial charge in [-0.15, -0.1) is 0 Å². The molecule has 0 aliphatic heterocycles.